The van der Waals surface area contributed by atoms with Crippen molar-refractivity contribution in [1.82, 2.24) is 15.2 Å². The predicted molar refractivity (Wildman–Crippen MR) is 95.7 cm³/mol. The number of nitrogens with zero attached hydrogens (tertiary/aromatic N) is 1. The van der Waals surface area contributed by atoms with Crippen molar-refractivity contribution in [1.29, 1.82) is 0 Å². The molecule has 1 aliphatic heterocycles. The third-order valence-corrected chi connectivity index (χ3v) is 4.57. The normalized spacial score (nSPS) is 22.7. The van der Waals surface area contributed by atoms with Gasteiger partial charge in [0, 0.05) is 36.7 Å². The standard InChI is InChI=1S/C19H29N3O/c1-15-13-22(14-16(2)23-15)11-4-3-9-20-12-17-6-5-7-19-18(17)8-10-21-19/h5-8,10,15-16,20-21H,3-4,9,11-14H2,1-2H3. The maximum atomic E-state index is 5.78. The predicted octanol–water partition coefficient (Wildman–Crippen LogP) is 3.15. The van der Waals surface area contributed by atoms with Crippen LogP contribution in [0, 0.1) is 0 Å². The molecule has 0 radical (unpaired) electrons. The Hall–Kier alpha value is -1.36. The highest BCUT2D eigenvalue weighted by Gasteiger charge is 2.21. The Kier molecular flexibility index (Phi) is 5.70. The van der Waals surface area contributed by atoms with Crippen LogP contribution in [-0.4, -0.2) is 48.3 Å². The Morgan fingerprint density at radius 3 is 2.83 bits per heavy atom. The van der Waals surface area contributed by atoms with Crippen molar-refractivity contribution < 1.29 is 4.74 Å². The zero-order valence-electron chi connectivity index (χ0n) is 14.3. The van der Waals surface area contributed by atoms with Crippen molar-refractivity contribution in [2.24, 2.45) is 0 Å². The number of H-pyrrole nitrogens is 1. The molecular formula is C19H29N3O. The van der Waals surface area contributed by atoms with Crippen molar-refractivity contribution in [3.05, 3.63) is 36.0 Å². The highest BCUT2D eigenvalue weighted by atomic mass is 16.5. The molecule has 2 N–H and O–H groups in total. The van der Waals surface area contributed by atoms with E-state index >= 15 is 0 Å². The third kappa shape index (κ3) is 4.56. The van der Waals surface area contributed by atoms with Crippen molar-refractivity contribution in [2.45, 2.75) is 45.4 Å². The Labute approximate surface area is 139 Å². The van der Waals surface area contributed by atoms with Gasteiger partial charge in [-0.05, 0) is 57.5 Å². The molecule has 1 fully saturated rings. The quantitative estimate of drug-likeness (QED) is 0.771. The lowest BCUT2D eigenvalue weighted by molar-refractivity contribution is -0.0681. The lowest BCUT2D eigenvalue weighted by Gasteiger charge is -2.35. The molecule has 4 heteroatoms. The number of unbranched alkanes of at least 4 members (excludes halogenated alkanes) is 1. The van der Waals surface area contributed by atoms with Crippen molar-refractivity contribution >= 4 is 10.9 Å². The number of rotatable bonds is 7. The molecule has 1 saturated heterocycles. The van der Waals surface area contributed by atoms with E-state index in [0.29, 0.717) is 12.2 Å². The SMILES string of the molecule is CC1CN(CCCCNCc2cccc3[nH]ccc23)CC(C)O1. The van der Waals surface area contributed by atoms with E-state index in [2.05, 4.69) is 53.3 Å². The number of ether oxygens (including phenoxy) is 1. The summed E-state index contributed by atoms with van der Waals surface area (Å²) in [7, 11) is 0. The van der Waals surface area contributed by atoms with Crippen LogP contribution < -0.4 is 5.32 Å². The molecule has 2 unspecified atom stereocenters. The molecule has 1 aliphatic rings. The summed E-state index contributed by atoms with van der Waals surface area (Å²) in [6.07, 6.45) is 5.24. The molecule has 126 valence electrons. The van der Waals surface area contributed by atoms with E-state index in [1.54, 1.807) is 0 Å². The van der Waals surface area contributed by atoms with Crippen LogP contribution >= 0.6 is 0 Å². The van der Waals surface area contributed by atoms with Gasteiger partial charge < -0.3 is 15.0 Å². The van der Waals surface area contributed by atoms with E-state index in [4.69, 9.17) is 4.74 Å². The van der Waals surface area contributed by atoms with Crippen molar-refractivity contribution in [2.75, 3.05) is 26.2 Å². The van der Waals surface area contributed by atoms with Gasteiger partial charge in [0.15, 0.2) is 0 Å². The van der Waals surface area contributed by atoms with Gasteiger partial charge in [-0.1, -0.05) is 12.1 Å². The molecule has 2 heterocycles. The van der Waals surface area contributed by atoms with Gasteiger partial charge in [-0.15, -0.1) is 0 Å². The van der Waals surface area contributed by atoms with E-state index in [9.17, 15) is 0 Å². The maximum Gasteiger partial charge on any atom is 0.0678 e. The van der Waals surface area contributed by atoms with Crippen molar-refractivity contribution in [3.63, 3.8) is 0 Å². The molecule has 0 aliphatic carbocycles. The van der Waals surface area contributed by atoms with Gasteiger partial charge in [-0.25, -0.2) is 0 Å². The fourth-order valence-corrected chi connectivity index (χ4v) is 3.58. The second-order valence-corrected chi connectivity index (χ2v) is 6.76. The monoisotopic (exact) mass is 315 g/mol. The molecule has 0 bridgehead atoms. The largest absolute Gasteiger partial charge is 0.373 e. The highest BCUT2D eigenvalue weighted by molar-refractivity contribution is 5.82. The van der Waals surface area contributed by atoms with Crippen LogP contribution in [0.5, 0.6) is 0 Å². The number of hydrogen-bond acceptors (Lipinski definition) is 3. The van der Waals surface area contributed by atoms with E-state index in [1.807, 2.05) is 6.20 Å². The number of nitrogens with one attached hydrogen (secondary N) is 2. The topological polar surface area (TPSA) is 40.3 Å². The van der Waals surface area contributed by atoms with E-state index in [0.717, 1.165) is 26.2 Å². The molecule has 1 aromatic carbocycles. The van der Waals surface area contributed by atoms with Gasteiger partial charge in [-0.2, -0.15) is 0 Å². The molecule has 4 nitrogen and oxygen atoms in total. The lowest BCUT2D eigenvalue weighted by Crippen LogP contribution is -2.45. The number of benzene rings is 1. The maximum absolute atomic E-state index is 5.78. The summed E-state index contributed by atoms with van der Waals surface area (Å²) in [5, 5.41) is 4.91. The zero-order chi connectivity index (χ0) is 16.1. The smallest absolute Gasteiger partial charge is 0.0678 e. The Bertz CT molecular complexity index is 599. The number of fused-ring (bicyclic) bond motifs is 1. The fourth-order valence-electron chi connectivity index (χ4n) is 3.58. The lowest BCUT2D eigenvalue weighted by atomic mass is 10.1. The van der Waals surface area contributed by atoms with Crippen LogP contribution in [0.4, 0.5) is 0 Å². The molecule has 1 aromatic heterocycles. The van der Waals surface area contributed by atoms with E-state index in [-0.39, 0.29) is 0 Å². The van der Waals surface area contributed by atoms with E-state index in [1.165, 1.54) is 35.9 Å². The minimum atomic E-state index is 0.374. The molecule has 23 heavy (non-hydrogen) atoms. The number of morpholine rings is 1. The average molecular weight is 315 g/mol. The van der Waals surface area contributed by atoms with Gasteiger partial charge in [-0.3, -0.25) is 4.90 Å². The Morgan fingerprint density at radius 2 is 2.00 bits per heavy atom. The summed E-state index contributed by atoms with van der Waals surface area (Å²) in [5.41, 5.74) is 2.60. The first-order valence-electron chi connectivity index (χ1n) is 8.86. The van der Waals surface area contributed by atoms with E-state index < -0.39 is 0 Å². The third-order valence-electron chi connectivity index (χ3n) is 4.57. The van der Waals surface area contributed by atoms with Crippen LogP contribution in [0.3, 0.4) is 0 Å². The number of hydrogen-bond donors (Lipinski definition) is 2. The first-order valence-corrected chi connectivity index (χ1v) is 8.86. The van der Waals surface area contributed by atoms with Crippen LogP contribution in [0.25, 0.3) is 10.9 Å². The van der Waals surface area contributed by atoms with Gasteiger partial charge in [0.25, 0.3) is 0 Å². The van der Waals surface area contributed by atoms with Gasteiger partial charge in [0.2, 0.25) is 0 Å². The molecule has 0 saturated carbocycles. The summed E-state index contributed by atoms with van der Waals surface area (Å²) in [5.74, 6) is 0. The molecular weight excluding hydrogens is 286 g/mol. The first-order chi connectivity index (χ1) is 11.2. The molecule has 2 aromatic rings. The second kappa shape index (κ2) is 7.95. The summed E-state index contributed by atoms with van der Waals surface area (Å²) in [6, 6.07) is 8.62. The molecule has 2 atom stereocenters. The molecule has 0 amide bonds. The van der Waals surface area contributed by atoms with Crippen LogP contribution in [0.1, 0.15) is 32.3 Å². The molecule has 3 rings (SSSR count). The number of aromatic nitrogens is 1. The Balaban J connectivity index is 1.34. The van der Waals surface area contributed by atoms with Gasteiger partial charge in [0.1, 0.15) is 0 Å². The minimum Gasteiger partial charge on any atom is -0.373 e. The van der Waals surface area contributed by atoms with Crippen molar-refractivity contribution in [3.8, 4) is 0 Å². The van der Waals surface area contributed by atoms with Gasteiger partial charge >= 0.3 is 0 Å². The van der Waals surface area contributed by atoms with Gasteiger partial charge in [0.05, 0.1) is 12.2 Å². The first kappa shape index (κ1) is 16.5. The summed E-state index contributed by atoms with van der Waals surface area (Å²) >= 11 is 0. The van der Waals surface area contributed by atoms with Crippen LogP contribution in [-0.2, 0) is 11.3 Å². The zero-order valence-corrected chi connectivity index (χ0v) is 14.3. The van der Waals surface area contributed by atoms with Crippen LogP contribution in [0.15, 0.2) is 30.5 Å². The summed E-state index contributed by atoms with van der Waals surface area (Å²) in [4.78, 5) is 5.81. The highest BCUT2D eigenvalue weighted by Crippen LogP contribution is 2.17. The minimum absolute atomic E-state index is 0.374. The number of aromatic amines is 1. The molecule has 0 spiro atoms. The summed E-state index contributed by atoms with van der Waals surface area (Å²) in [6.45, 7) is 9.71. The second-order valence-electron chi connectivity index (χ2n) is 6.76. The Morgan fingerprint density at radius 1 is 1.17 bits per heavy atom. The average Bonchev–Trinajstić information content (AvgIpc) is 2.99. The summed E-state index contributed by atoms with van der Waals surface area (Å²) < 4.78 is 5.78. The van der Waals surface area contributed by atoms with Crippen LogP contribution in [0.2, 0.25) is 0 Å². The fraction of sp³-hybridized carbons (Fsp3) is 0.579.